The number of pyridine rings is 3. The molecule has 5 rings (SSSR count). The molecular weight excluding hydrogens is 642 g/mol. The molecule has 17 heteroatoms. The predicted molar refractivity (Wildman–Crippen MR) is 173 cm³/mol. The molecule has 0 fully saturated rings. The molecular formula is C29H32ClN7O8S. The summed E-state index contributed by atoms with van der Waals surface area (Å²) in [5, 5.41) is 3.05. The van der Waals surface area contributed by atoms with Gasteiger partial charge in [0.1, 0.15) is 16.5 Å². The highest BCUT2D eigenvalue weighted by atomic mass is 35.5. The van der Waals surface area contributed by atoms with E-state index in [-0.39, 0.29) is 17.4 Å². The van der Waals surface area contributed by atoms with E-state index in [1.54, 1.807) is 49.1 Å². The van der Waals surface area contributed by atoms with E-state index < -0.39 is 38.4 Å². The van der Waals surface area contributed by atoms with Crippen LogP contribution in [0.4, 0.5) is 4.79 Å². The molecule has 5 aromatic rings. The minimum Gasteiger partial charge on any atom is -0.443 e. The average Bonchev–Trinajstić information content (AvgIpc) is 2.95. The molecule has 0 radical (unpaired) electrons. The third-order valence-electron chi connectivity index (χ3n) is 5.61. The van der Waals surface area contributed by atoms with Gasteiger partial charge in [-0.25, -0.2) is 14.9 Å². The minimum absolute atomic E-state index is 0.0595. The highest BCUT2D eigenvalue weighted by Gasteiger charge is 2.16. The van der Waals surface area contributed by atoms with E-state index >= 15 is 0 Å². The zero-order valence-corrected chi connectivity index (χ0v) is 26.8. The van der Waals surface area contributed by atoms with Crippen LogP contribution >= 0.6 is 11.6 Å². The molecule has 0 bridgehead atoms. The Morgan fingerprint density at radius 1 is 1.00 bits per heavy atom. The first-order chi connectivity index (χ1) is 21.5. The highest BCUT2D eigenvalue weighted by Crippen LogP contribution is 2.16. The van der Waals surface area contributed by atoms with Gasteiger partial charge in [0.15, 0.2) is 0 Å². The summed E-state index contributed by atoms with van der Waals surface area (Å²) >= 11 is 5.93. The van der Waals surface area contributed by atoms with Gasteiger partial charge in [0.25, 0.3) is 21.2 Å². The number of benzene rings is 1. The number of aromatic amines is 2. The van der Waals surface area contributed by atoms with Crippen LogP contribution in [-0.4, -0.2) is 55.7 Å². The number of hydrogen-bond acceptors (Lipinski definition) is 10. The van der Waals surface area contributed by atoms with E-state index in [2.05, 4.69) is 30.9 Å². The lowest BCUT2D eigenvalue weighted by Crippen LogP contribution is -2.40. The smallest absolute Gasteiger partial charge is 0.422 e. The van der Waals surface area contributed by atoms with Gasteiger partial charge in [-0.05, 0) is 74.4 Å². The average molecular weight is 674 g/mol. The molecule has 0 saturated heterocycles. The number of fused-ring (bicyclic) bond motifs is 2. The second-order valence-corrected chi connectivity index (χ2v) is 12.6. The largest absolute Gasteiger partial charge is 0.443 e. The number of hydrazine groups is 1. The van der Waals surface area contributed by atoms with Crippen molar-refractivity contribution in [2.75, 3.05) is 6.26 Å². The first-order valence-corrected chi connectivity index (χ1v) is 15.6. The van der Waals surface area contributed by atoms with Gasteiger partial charge in [0.2, 0.25) is 5.43 Å². The SMILES string of the molecule is CC(C)(C)OC(=O)NNCc1ccncc1.CS(=O)(=O)O.O=c1[nH]n(Cc2ccncc2)c(=O)c2c(=O)c3ccc(Cl)cc3[nH]c12. The van der Waals surface area contributed by atoms with E-state index in [4.69, 9.17) is 20.9 Å². The van der Waals surface area contributed by atoms with Gasteiger partial charge in [0, 0.05) is 41.7 Å². The summed E-state index contributed by atoms with van der Waals surface area (Å²) in [4.78, 5) is 59.8. The molecule has 1 aromatic carbocycles. The number of hydrogen-bond donors (Lipinski definition) is 5. The van der Waals surface area contributed by atoms with Gasteiger partial charge >= 0.3 is 6.09 Å². The van der Waals surface area contributed by atoms with Crippen molar-refractivity contribution < 1.29 is 22.5 Å². The summed E-state index contributed by atoms with van der Waals surface area (Å²) in [6.07, 6.45) is 6.80. The number of aromatic nitrogens is 5. The van der Waals surface area contributed by atoms with Crippen molar-refractivity contribution in [1.29, 1.82) is 0 Å². The fourth-order valence-electron chi connectivity index (χ4n) is 3.81. The van der Waals surface area contributed by atoms with Crippen molar-refractivity contribution in [2.24, 2.45) is 0 Å². The molecule has 46 heavy (non-hydrogen) atoms. The van der Waals surface area contributed by atoms with Crippen LogP contribution < -0.4 is 27.4 Å². The van der Waals surface area contributed by atoms with Crippen LogP contribution in [0.1, 0.15) is 31.9 Å². The van der Waals surface area contributed by atoms with Crippen LogP contribution in [0, 0.1) is 0 Å². The second-order valence-electron chi connectivity index (χ2n) is 10.7. The minimum atomic E-state index is -3.67. The number of halogens is 1. The number of rotatable bonds is 5. The van der Waals surface area contributed by atoms with Crippen molar-refractivity contribution in [3.8, 4) is 0 Å². The third kappa shape index (κ3) is 11.2. The predicted octanol–water partition coefficient (Wildman–Crippen LogP) is 2.74. The first kappa shape index (κ1) is 35.6. The van der Waals surface area contributed by atoms with Crippen LogP contribution in [0.2, 0.25) is 5.02 Å². The Bertz CT molecular complexity index is 2090. The van der Waals surface area contributed by atoms with Crippen molar-refractivity contribution in [3.63, 3.8) is 0 Å². The summed E-state index contributed by atoms with van der Waals surface area (Å²) in [5.41, 5.74) is 5.28. The van der Waals surface area contributed by atoms with Crippen LogP contribution in [0.25, 0.3) is 21.8 Å². The van der Waals surface area contributed by atoms with Crippen molar-refractivity contribution in [3.05, 3.63) is 114 Å². The van der Waals surface area contributed by atoms with Crippen molar-refractivity contribution in [2.45, 2.75) is 39.5 Å². The Morgan fingerprint density at radius 2 is 1.57 bits per heavy atom. The van der Waals surface area contributed by atoms with Gasteiger partial charge in [-0.1, -0.05) is 11.6 Å². The van der Waals surface area contributed by atoms with E-state index in [1.807, 2.05) is 32.9 Å². The Balaban J connectivity index is 0.000000236. The number of carbonyl (C=O) groups excluding carboxylic acids is 1. The molecule has 0 aliphatic carbocycles. The lowest BCUT2D eigenvalue weighted by molar-refractivity contribution is 0.0497. The van der Waals surface area contributed by atoms with Gasteiger partial charge in [-0.2, -0.15) is 8.42 Å². The maximum atomic E-state index is 12.7. The summed E-state index contributed by atoms with van der Waals surface area (Å²) in [6, 6.07) is 11.8. The Hall–Kier alpha value is -4.90. The van der Waals surface area contributed by atoms with Crippen LogP contribution in [0.15, 0.2) is 81.6 Å². The number of ether oxygens (including phenoxy) is 1. The lowest BCUT2D eigenvalue weighted by atomic mass is 10.1. The van der Waals surface area contributed by atoms with Gasteiger partial charge in [0.05, 0.1) is 18.3 Å². The zero-order chi connectivity index (χ0) is 34.1. The normalized spacial score (nSPS) is 11.2. The second kappa shape index (κ2) is 15.4. The molecule has 244 valence electrons. The molecule has 0 atom stereocenters. The zero-order valence-electron chi connectivity index (χ0n) is 25.2. The molecule has 4 aromatic heterocycles. The van der Waals surface area contributed by atoms with E-state index in [0.717, 1.165) is 15.8 Å². The molecule has 1 amide bonds. The molecule has 4 heterocycles. The molecule has 0 aliphatic rings. The topological polar surface area (TPSA) is 218 Å². The third-order valence-corrected chi connectivity index (χ3v) is 5.84. The molecule has 0 unspecified atom stereocenters. The maximum absolute atomic E-state index is 12.7. The molecule has 0 aliphatic heterocycles. The summed E-state index contributed by atoms with van der Waals surface area (Å²) in [5.74, 6) is 0. The molecule has 0 spiro atoms. The Kier molecular flexibility index (Phi) is 11.9. The van der Waals surface area contributed by atoms with Gasteiger partial charge < -0.3 is 9.72 Å². The summed E-state index contributed by atoms with van der Waals surface area (Å²) in [7, 11) is -3.67. The van der Waals surface area contributed by atoms with E-state index in [1.165, 1.54) is 6.07 Å². The van der Waals surface area contributed by atoms with Crippen LogP contribution in [-0.2, 0) is 27.9 Å². The standard InChI is InChI=1S/C17H11ClN4O3.C11H17N3O2.CH4O3S/c18-10-1-2-11-12(7-10)20-14-13(15(11)23)17(25)22(21-16(14)24)8-9-3-5-19-6-4-9;1-11(2,3)16-10(15)14-13-8-9-4-6-12-7-5-9;1-5(2,3)4/h1-7H,8H2,(H,20,23)(H,21,24);4-7,13H,8H2,1-3H3,(H,14,15);1H3,(H,2,3,4). The fourth-order valence-corrected chi connectivity index (χ4v) is 3.98. The maximum Gasteiger partial charge on any atom is 0.422 e. The lowest BCUT2D eigenvalue weighted by Gasteiger charge is -2.19. The van der Waals surface area contributed by atoms with E-state index in [9.17, 15) is 27.6 Å². The molecule has 5 N–H and O–H groups in total. The van der Waals surface area contributed by atoms with Gasteiger partial charge in [-0.15, -0.1) is 0 Å². The summed E-state index contributed by atoms with van der Waals surface area (Å²) in [6.45, 7) is 6.10. The Labute approximate surface area is 267 Å². The fraction of sp³-hybridized carbons (Fsp3) is 0.241. The van der Waals surface area contributed by atoms with Crippen LogP contribution in [0.5, 0.6) is 0 Å². The van der Waals surface area contributed by atoms with Crippen molar-refractivity contribution in [1.82, 2.24) is 35.6 Å². The number of carbonyl (C=O) groups is 1. The highest BCUT2D eigenvalue weighted by molar-refractivity contribution is 7.85. The van der Waals surface area contributed by atoms with Crippen molar-refractivity contribution >= 4 is 49.6 Å². The summed E-state index contributed by atoms with van der Waals surface area (Å²) < 4.78 is 32.0. The molecule has 0 saturated carbocycles. The molecule has 15 nitrogen and oxygen atoms in total. The first-order valence-electron chi connectivity index (χ1n) is 13.4. The van der Waals surface area contributed by atoms with Crippen LogP contribution in [0.3, 0.4) is 0 Å². The van der Waals surface area contributed by atoms with E-state index in [0.29, 0.717) is 28.7 Å². The van der Waals surface area contributed by atoms with Gasteiger partial charge in [-0.3, -0.25) is 39.4 Å². The number of H-pyrrole nitrogens is 2. The monoisotopic (exact) mass is 673 g/mol. The Morgan fingerprint density at radius 3 is 2.13 bits per heavy atom. The quantitative estimate of drug-likeness (QED) is 0.104. The number of nitrogens with one attached hydrogen (secondary N) is 4. The number of amides is 1. The number of nitrogens with zero attached hydrogens (tertiary/aromatic N) is 3.